The van der Waals surface area contributed by atoms with E-state index in [0.29, 0.717) is 25.2 Å². The van der Waals surface area contributed by atoms with Crippen LogP contribution in [0.4, 0.5) is 0 Å². The third-order valence-electron chi connectivity index (χ3n) is 6.99. The Labute approximate surface area is 264 Å². The molecule has 0 bridgehead atoms. The molecule has 2 rings (SSSR count). The van der Waals surface area contributed by atoms with Crippen LogP contribution in [0.2, 0.25) is 0 Å². The van der Waals surface area contributed by atoms with Crippen LogP contribution in [-0.2, 0) is 26.9 Å². The fraction of sp³-hybridized carbons (Fsp3) is 0.576. The highest BCUT2D eigenvalue weighted by atomic mass is 31.2. The molecule has 0 unspecified atom stereocenters. The number of unbranched alkanes of at least 4 members (excludes halogenated alkanes) is 11. The van der Waals surface area contributed by atoms with E-state index in [0.717, 1.165) is 43.4 Å². The molecule has 0 fully saturated rings. The first-order valence-electron chi connectivity index (χ1n) is 15.6. The van der Waals surface area contributed by atoms with Crippen molar-refractivity contribution < 1.29 is 28.4 Å². The number of aromatic nitrogens is 1. The third-order valence-corrected chi connectivity index (χ3v) is 7.48. The average molecular weight is 637 g/mol. The number of phosphoric ester groups is 1. The van der Waals surface area contributed by atoms with Gasteiger partial charge in [0.1, 0.15) is 12.4 Å². The zero-order valence-corrected chi connectivity index (χ0v) is 27.6. The van der Waals surface area contributed by atoms with Crippen LogP contribution in [0.15, 0.2) is 60.8 Å². The zero-order valence-electron chi connectivity index (χ0n) is 26.7. The fourth-order valence-corrected chi connectivity index (χ4v) is 5.02. The highest BCUT2D eigenvalue weighted by Gasteiger charge is 2.20. The highest BCUT2D eigenvalue weighted by Crippen LogP contribution is 2.35. The van der Waals surface area contributed by atoms with Gasteiger partial charge < -0.3 is 32.1 Å². The van der Waals surface area contributed by atoms with Crippen LogP contribution < -0.4 is 22.4 Å². The number of phosphoric acid groups is 1. The van der Waals surface area contributed by atoms with Gasteiger partial charge in [0.2, 0.25) is 5.91 Å². The number of nitrogens with zero attached hydrogens (tertiary/aromatic N) is 1. The summed E-state index contributed by atoms with van der Waals surface area (Å²) in [6, 6.07) is 12.5. The van der Waals surface area contributed by atoms with Crippen LogP contribution in [-0.4, -0.2) is 33.3 Å². The summed E-state index contributed by atoms with van der Waals surface area (Å²) < 4.78 is 21.8. The summed E-state index contributed by atoms with van der Waals surface area (Å²) in [5.41, 5.74) is 1.71. The topological polar surface area (TPSA) is 188 Å². The van der Waals surface area contributed by atoms with Gasteiger partial charge in [0.25, 0.3) is 0 Å². The van der Waals surface area contributed by atoms with Crippen molar-refractivity contribution in [3.63, 3.8) is 0 Å². The SMILES string of the molecule is CCCCCCCCC=CCCCCCCCC(=O)N[C@H](COP(=O)(O)O)Cc1ccc(OCc2ccccn2)cc1.N.N. The first kappa shape index (κ1) is 41.4. The number of pyridine rings is 1. The molecule has 0 saturated heterocycles. The van der Waals surface area contributed by atoms with Gasteiger partial charge in [-0.3, -0.25) is 14.3 Å². The lowest BCUT2D eigenvalue weighted by molar-refractivity contribution is -0.122. The van der Waals surface area contributed by atoms with Gasteiger partial charge in [0.05, 0.1) is 18.3 Å². The van der Waals surface area contributed by atoms with Crippen LogP contribution in [0.5, 0.6) is 5.75 Å². The van der Waals surface area contributed by atoms with Crippen molar-refractivity contribution in [1.29, 1.82) is 0 Å². The predicted octanol–water partition coefficient (Wildman–Crippen LogP) is 8.16. The number of ether oxygens (including phenoxy) is 1. The van der Waals surface area contributed by atoms with Crippen molar-refractivity contribution in [2.24, 2.45) is 0 Å². The molecule has 1 amide bonds. The van der Waals surface area contributed by atoms with Crippen molar-refractivity contribution in [3.05, 3.63) is 72.1 Å². The van der Waals surface area contributed by atoms with E-state index in [1.54, 1.807) is 6.20 Å². The lowest BCUT2D eigenvalue weighted by atomic mass is 10.1. The molecule has 10 nitrogen and oxygen atoms in total. The number of nitrogens with one attached hydrogen (secondary N) is 1. The minimum absolute atomic E-state index is 0. The molecule has 0 saturated carbocycles. The molecule has 2 aromatic rings. The number of rotatable bonds is 24. The monoisotopic (exact) mass is 636 g/mol. The maximum atomic E-state index is 12.6. The maximum Gasteiger partial charge on any atom is 0.469 e. The van der Waals surface area contributed by atoms with Crippen molar-refractivity contribution in [3.8, 4) is 5.75 Å². The maximum absolute atomic E-state index is 12.6. The van der Waals surface area contributed by atoms with Gasteiger partial charge in [-0.25, -0.2) is 4.57 Å². The van der Waals surface area contributed by atoms with E-state index in [2.05, 4.69) is 29.4 Å². The van der Waals surface area contributed by atoms with Crippen LogP contribution in [0.25, 0.3) is 0 Å². The summed E-state index contributed by atoms with van der Waals surface area (Å²) in [4.78, 5) is 35.1. The van der Waals surface area contributed by atoms with E-state index in [1.807, 2.05) is 42.5 Å². The van der Waals surface area contributed by atoms with Gasteiger partial charge in [-0.1, -0.05) is 88.6 Å². The Bertz CT molecular complexity index is 1050. The lowest BCUT2D eigenvalue weighted by Crippen LogP contribution is -2.39. The molecule has 1 heterocycles. The van der Waals surface area contributed by atoms with E-state index < -0.39 is 13.9 Å². The summed E-state index contributed by atoms with van der Waals surface area (Å²) in [5, 5.41) is 2.89. The minimum atomic E-state index is -4.65. The van der Waals surface area contributed by atoms with Gasteiger partial charge in [-0.05, 0) is 68.4 Å². The molecular weight excluding hydrogens is 579 g/mol. The number of amides is 1. The normalized spacial score (nSPS) is 11.9. The second-order valence-corrected chi connectivity index (χ2v) is 12.1. The molecule has 11 heteroatoms. The summed E-state index contributed by atoms with van der Waals surface area (Å²) in [6.07, 6.45) is 22.6. The molecule has 9 N–H and O–H groups in total. The Morgan fingerprint density at radius 1 is 0.886 bits per heavy atom. The third kappa shape index (κ3) is 22.0. The van der Waals surface area contributed by atoms with Crippen molar-refractivity contribution in [1.82, 2.24) is 22.6 Å². The van der Waals surface area contributed by atoms with Crippen molar-refractivity contribution in [2.45, 2.75) is 116 Å². The van der Waals surface area contributed by atoms with Crippen molar-refractivity contribution in [2.75, 3.05) is 6.61 Å². The van der Waals surface area contributed by atoms with Gasteiger partial charge in [0.15, 0.2) is 0 Å². The smallest absolute Gasteiger partial charge is 0.469 e. The van der Waals surface area contributed by atoms with E-state index >= 15 is 0 Å². The van der Waals surface area contributed by atoms with Gasteiger partial charge in [-0.2, -0.15) is 0 Å². The number of hydrogen-bond acceptors (Lipinski definition) is 7. The molecule has 250 valence electrons. The quantitative estimate of drug-likeness (QED) is 0.0430. The molecule has 44 heavy (non-hydrogen) atoms. The molecule has 1 atom stereocenters. The average Bonchev–Trinajstić information content (AvgIpc) is 2.97. The zero-order chi connectivity index (χ0) is 30.3. The van der Waals surface area contributed by atoms with Crippen LogP contribution in [0.3, 0.4) is 0 Å². The first-order valence-corrected chi connectivity index (χ1v) is 17.1. The fourth-order valence-electron chi connectivity index (χ4n) is 4.64. The number of carbonyl (C=O) groups is 1. The summed E-state index contributed by atoms with van der Waals surface area (Å²) in [6.45, 7) is 2.32. The van der Waals surface area contributed by atoms with Gasteiger partial charge >= 0.3 is 7.82 Å². The Morgan fingerprint density at radius 3 is 2.09 bits per heavy atom. The largest absolute Gasteiger partial charge is 0.487 e. The molecule has 0 radical (unpaired) electrons. The Hall–Kier alpha value is -2.59. The van der Waals surface area contributed by atoms with Crippen LogP contribution in [0.1, 0.15) is 108 Å². The summed E-state index contributed by atoms with van der Waals surface area (Å²) in [7, 11) is -4.65. The number of hydrogen-bond donors (Lipinski definition) is 5. The van der Waals surface area contributed by atoms with Crippen molar-refractivity contribution >= 4 is 13.7 Å². The number of carbonyl (C=O) groups excluding carboxylic acids is 1. The second-order valence-electron chi connectivity index (χ2n) is 10.8. The molecule has 0 aliphatic heterocycles. The molecule has 0 spiro atoms. The minimum Gasteiger partial charge on any atom is -0.487 e. The van der Waals surface area contributed by atoms with E-state index in [4.69, 9.17) is 19.0 Å². The van der Waals surface area contributed by atoms with E-state index in [9.17, 15) is 9.36 Å². The van der Waals surface area contributed by atoms with Crippen LogP contribution >= 0.6 is 7.82 Å². The molecule has 1 aromatic carbocycles. The molecule has 0 aliphatic carbocycles. The molecule has 1 aromatic heterocycles. The standard InChI is InChI=1S/C33H51N2O6P.2H3N/c1-2-3-4-5-6-7-8-9-10-11-12-13-14-15-16-20-33(36)35-31(28-41-42(37,38)39)26-29-21-23-32(24-22-29)40-27-30-19-17-18-25-34-30;;/h9-10,17-19,21-25,31H,2-8,11-16,20,26-28H2,1H3,(H,35,36)(H2,37,38,39);2*1H3/t31-;;/m0../s1. The highest BCUT2D eigenvalue weighted by molar-refractivity contribution is 7.46. The first-order chi connectivity index (χ1) is 20.4. The lowest BCUT2D eigenvalue weighted by Gasteiger charge is -2.19. The Balaban J connectivity index is 0.00000924. The summed E-state index contributed by atoms with van der Waals surface area (Å²) >= 11 is 0. The number of benzene rings is 1. The number of allylic oxidation sites excluding steroid dienone is 2. The Morgan fingerprint density at radius 2 is 1.50 bits per heavy atom. The molecular formula is C33H57N4O6P. The Kier molecular flexibility index (Phi) is 24.2. The van der Waals surface area contributed by atoms with Gasteiger partial charge in [-0.15, -0.1) is 0 Å². The summed E-state index contributed by atoms with van der Waals surface area (Å²) in [5.74, 6) is 0.544. The predicted molar refractivity (Wildman–Crippen MR) is 178 cm³/mol. The molecule has 0 aliphatic rings. The second kappa shape index (κ2) is 25.7. The van der Waals surface area contributed by atoms with E-state index in [-0.39, 0.29) is 24.8 Å². The van der Waals surface area contributed by atoms with Crippen LogP contribution in [0, 0.1) is 0 Å². The van der Waals surface area contributed by atoms with E-state index in [1.165, 1.54) is 51.4 Å². The van der Waals surface area contributed by atoms with Gasteiger partial charge in [0, 0.05) is 12.6 Å².